The molecule has 1 saturated carbocycles. The van der Waals surface area contributed by atoms with Crippen LogP contribution in [-0.2, 0) is 4.74 Å². The van der Waals surface area contributed by atoms with Gasteiger partial charge < -0.3 is 10.1 Å². The van der Waals surface area contributed by atoms with Gasteiger partial charge in [0, 0.05) is 18.1 Å². The lowest BCUT2D eigenvalue weighted by molar-refractivity contribution is -0.0975. The molecule has 1 heterocycles. The van der Waals surface area contributed by atoms with Crippen molar-refractivity contribution in [1.82, 2.24) is 4.98 Å². The van der Waals surface area contributed by atoms with E-state index in [1.54, 1.807) is 6.07 Å². The molecule has 1 aliphatic rings. The first-order chi connectivity index (χ1) is 9.50. The van der Waals surface area contributed by atoms with Gasteiger partial charge in [-0.05, 0) is 31.5 Å². The molecule has 3 nitrogen and oxygen atoms in total. The summed E-state index contributed by atoms with van der Waals surface area (Å²) in [6, 6.07) is 5.06. The van der Waals surface area contributed by atoms with Gasteiger partial charge in [0.2, 0.25) is 0 Å². The quantitative estimate of drug-likeness (QED) is 0.923. The van der Waals surface area contributed by atoms with Gasteiger partial charge in [0.25, 0.3) is 0 Å². The number of thiazole rings is 1. The first-order valence-corrected chi connectivity index (χ1v) is 7.76. The highest BCUT2D eigenvalue weighted by Crippen LogP contribution is 2.45. The molecule has 1 aliphatic carbocycles. The molecule has 2 unspecified atom stereocenters. The van der Waals surface area contributed by atoms with Crippen LogP contribution in [0.25, 0.3) is 10.2 Å². The molecule has 0 aliphatic heterocycles. The maximum atomic E-state index is 13.2. The van der Waals surface area contributed by atoms with Crippen LogP contribution >= 0.6 is 11.3 Å². The molecule has 0 bridgehead atoms. The average Bonchev–Trinajstić information content (AvgIpc) is 2.79. The molecule has 1 aromatic heterocycles. The minimum Gasteiger partial charge on any atom is -0.378 e. The van der Waals surface area contributed by atoms with E-state index < -0.39 is 0 Å². The van der Waals surface area contributed by atoms with Crippen LogP contribution in [-0.4, -0.2) is 23.7 Å². The Hall–Kier alpha value is -1.20. The maximum Gasteiger partial charge on any atom is 0.184 e. The topological polar surface area (TPSA) is 34.1 Å². The summed E-state index contributed by atoms with van der Waals surface area (Å²) in [4.78, 5) is 4.51. The highest BCUT2D eigenvalue weighted by molar-refractivity contribution is 7.22. The summed E-state index contributed by atoms with van der Waals surface area (Å²) < 4.78 is 19.8. The van der Waals surface area contributed by atoms with E-state index in [-0.39, 0.29) is 11.2 Å². The number of nitrogens with zero attached hydrogens (tertiary/aromatic N) is 1. The zero-order valence-electron chi connectivity index (χ0n) is 11.9. The number of benzene rings is 1. The molecular formula is C15H19FN2OS. The Morgan fingerprint density at radius 2 is 2.30 bits per heavy atom. The average molecular weight is 294 g/mol. The van der Waals surface area contributed by atoms with Crippen LogP contribution in [0.5, 0.6) is 0 Å². The number of anilines is 1. The van der Waals surface area contributed by atoms with Gasteiger partial charge in [-0.1, -0.05) is 25.2 Å². The molecule has 2 atom stereocenters. The minimum absolute atomic E-state index is 0.0963. The van der Waals surface area contributed by atoms with Crippen molar-refractivity contribution in [1.29, 1.82) is 0 Å². The monoisotopic (exact) mass is 294 g/mol. The van der Waals surface area contributed by atoms with Gasteiger partial charge in [0.1, 0.15) is 5.82 Å². The fourth-order valence-corrected chi connectivity index (χ4v) is 3.67. The van der Waals surface area contributed by atoms with Crippen LogP contribution in [0.15, 0.2) is 18.2 Å². The van der Waals surface area contributed by atoms with E-state index in [0.717, 1.165) is 28.4 Å². The third-order valence-electron chi connectivity index (χ3n) is 4.19. The lowest BCUT2D eigenvalue weighted by Gasteiger charge is -2.51. The van der Waals surface area contributed by atoms with Crippen molar-refractivity contribution in [3.63, 3.8) is 0 Å². The van der Waals surface area contributed by atoms with E-state index in [1.807, 2.05) is 6.92 Å². The smallest absolute Gasteiger partial charge is 0.184 e. The summed E-state index contributed by atoms with van der Waals surface area (Å²) in [6.07, 6.45) is 1.29. The second-order valence-corrected chi connectivity index (χ2v) is 6.86. The van der Waals surface area contributed by atoms with Crippen LogP contribution in [0.3, 0.4) is 0 Å². The predicted molar refractivity (Wildman–Crippen MR) is 80.8 cm³/mol. The van der Waals surface area contributed by atoms with E-state index in [2.05, 4.69) is 24.1 Å². The van der Waals surface area contributed by atoms with E-state index in [9.17, 15) is 4.39 Å². The number of hydrogen-bond acceptors (Lipinski definition) is 4. The Labute approximate surface area is 122 Å². The van der Waals surface area contributed by atoms with Crippen molar-refractivity contribution in [2.45, 2.75) is 39.3 Å². The van der Waals surface area contributed by atoms with Crippen molar-refractivity contribution in [2.24, 2.45) is 5.41 Å². The summed E-state index contributed by atoms with van der Waals surface area (Å²) in [5.41, 5.74) is 0.941. The second-order valence-electron chi connectivity index (χ2n) is 5.83. The third-order valence-corrected chi connectivity index (χ3v) is 5.14. The molecule has 1 fully saturated rings. The SMILES string of the molecule is CCOC1CC(Nc2nc3ccc(F)cc3s2)C1(C)C. The zero-order chi connectivity index (χ0) is 14.3. The van der Waals surface area contributed by atoms with Gasteiger partial charge in [0.15, 0.2) is 5.13 Å². The van der Waals surface area contributed by atoms with Crippen LogP contribution in [0.2, 0.25) is 0 Å². The van der Waals surface area contributed by atoms with E-state index in [1.165, 1.54) is 23.5 Å². The predicted octanol–water partition coefficient (Wildman–Crippen LogP) is 4.05. The van der Waals surface area contributed by atoms with Gasteiger partial charge in [0.05, 0.1) is 16.3 Å². The van der Waals surface area contributed by atoms with Crippen LogP contribution in [0.1, 0.15) is 27.2 Å². The minimum atomic E-state index is -0.215. The molecule has 0 radical (unpaired) electrons. The lowest BCUT2D eigenvalue weighted by Crippen LogP contribution is -2.58. The van der Waals surface area contributed by atoms with Gasteiger partial charge in [-0.15, -0.1) is 0 Å². The number of rotatable bonds is 4. The second kappa shape index (κ2) is 4.97. The van der Waals surface area contributed by atoms with Crippen molar-refractivity contribution < 1.29 is 9.13 Å². The first kappa shape index (κ1) is 13.8. The van der Waals surface area contributed by atoms with Crippen molar-refractivity contribution >= 4 is 26.7 Å². The van der Waals surface area contributed by atoms with E-state index in [4.69, 9.17) is 4.74 Å². The van der Waals surface area contributed by atoms with E-state index in [0.29, 0.717) is 12.1 Å². The summed E-state index contributed by atoms with van der Waals surface area (Å²) in [6.45, 7) is 7.20. The standard InChI is InChI=1S/C15H19FN2OS/c1-4-19-13-8-12(15(13,2)3)18-14-17-10-6-5-9(16)7-11(10)20-14/h5-7,12-13H,4,8H2,1-3H3,(H,17,18). The Balaban J connectivity index is 1.74. The Kier molecular flexibility index (Phi) is 3.42. The normalized spacial score (nSPS) is 24.6. The third kappa shape index (κ3) is 2.29. The number of ether oxygens (including phenoxy) is 1. The van der Waals surface area contributed by atoms with Crippen molar-refractivity contribution in [2.75, 3.05) is 11.9 Å². The number of fused-ring (bicyclic) bond motifs is 1. The van der Waals surface area contributed by atoms with Crippen LogP contribution < -0.4 is 5.32 Å². The molecule has 108 valence electrons. The molecule has 3 rings (SSSR count). The van der Waals surface area contributed by atoms with Gasteiger partial charge >= 0.3 is 0 Å². The summed E-state index contributed by atoms with van der Waals surface area (Å²) in [5, 5.41) is 4.33. The van der Waals surface area contributed by atoms with Gasteiger partial charge in [-0.3, -0.25) is 0 Å². The van der Waals surface area contributed by atoms with E-state index >= 15 is 0 Å². The fraction of sp³-hybridized carbons (Fsp3) is 0.533. The highest BCUT2D eigenvalue weighted by Gasteiger charge is 2.49. The molecule has 1 aromatic carbocycles. The largest absolute Gasteiger partial charge is 0.378 e. The number of hydrogen-bond donors (Lipinski definition) is 1. The Morgan fingerprint density at radius 3 is 3.00 bits per heavy atom. The number of nitrogens with one attached hydrogen (secondary N) is 1. The highest BCUT2D eigenvalue weighted by atomic mass is 32.1. The molecule has 5 heteroatoms. The molecule has 2 aromatic rings. The molecule has 0 saturated heterocycles. The van der Waals surface area contributed by atoms with Crippen LogP contribution in [0.4, 0.5) is 9.52 Å². The van der Waals surface area contributed by atoms with Gasteiger partial charge in [-0.2, -0.15) is 0 Å². The Morgan fingerprint density at radius 1 is 1.50 bits per heavy atom. The first-order valence-electron chi connectivity index (χ1n) is 6.95. The maximum absolute atomic E-state index is 13.2. The summed E-state index contributed by atoms with van der Waals surface area (Å²) in [7, 11) is 0. The van der Waals surface area contributed by atoms with Crippen LogP contribution in [0, 0.1) is 11.2 Å². The fourth-order valence-electron chi connectivity index (χ4n) is 2.72. The molecule has 0 spiro atoms. The Bertz CT molecular complexity index is 625. The lowest BCUT2D eigenvalue weighted by atomic mass is 9.64. The number of halogens is 1. The number of aromatic nitrogens is 1. The summed E-state index contributed by atoms with van der Waals surface area (Å²) >= 11 is 1.50. The summed E-state index contributed by atoms with van der Waals surface area (Å²) in [5.74, 6) is -0.215. The molecular weight excluding hydrogens is 275 g/mol. The molecule has 20 heavy (non-hydrogen) atoms. The molecule has 1 N–H and O–H groups in total. The van der Waals surface area contributed by atoms with Gasteiger partial charge in [-0.25, -0.2) is 9.37 Å². The van der Waals surface area contributed by atoms with Crippen molar-refractivity contribution in [3.8, 4) is 0 Å². The van der Waals surface area contributed by atoms with Crippen molar-refractivity contribution in [3.05, 3.63) is 24.0 Å². The zero-order valence-corrected chi connectivity index (χ0v) is 12.8. The molecule has 0 amide bonds.